The third-order valence-corrected chi connectivity index (χ3v) is 4.39. The fourth-order valence-corrected chi connectivity index (χ4v) is 3.10. The zero-order chi connectivity index (χ0) is 13.0. The maximum Gasteiger partial charge on any atom is 0.307 e. The second-order valence-corrected chi connectivity index (χ2v) is 5.80. The Bertz CT molecular complexity index is 282. The zero-order valence-electron chi connectivity index (χ0n) is 11.3. The lowest BCUT2D eigenvalue weighted by Gasteiger charge is -2.29. The molecule has 104 valence electrons. The van der Waals surface area contributed by atoms with E-state index in [0.29, 0.717) is 18.6 Å². The van der Waals surface area contributed by atoms with Crippen LogP contribution in [-0.4, -0.2) is 48.3 Å². The summed E-state index contributed by atoms with van der Waals surface area (Å²) < 4.78 is 5.96. The SMILES string of the molecule is CC1CCCCC1OCCN1CCC(C(=O)O)C1. The molecule has 0 aromatic heterocycles. The van der Waals surface area contributed by atoms with Crippen molar-refractivity contribution in [3.8, 4) is 0 Å². The quantitative estimate of drug-likeness (QED) is 0.816. The van der Waals surface area contributed by atoms with Crippen molar-refractivity contribution >= 4 is 5.97 Å². The summed E-state index contributed by atoms with van der Waals surface area (Å²) in [6, 6.07) is 0. The highest BCUT2D eigenvalue weighted by atomic mass is 16.5. The molecule has 3 atom stereocenters. The van der Waals surface area contributed by atoms with Gasteiger partial charge in [-0.1, -0.05) is 19.8 Å². The predicted molar refractivity (Wildman–Crippen MR) is 69.6 cm³/mol. The van der Waals surface area contributed by atoms with Crippen molar-refractivity contribution in [1.29, 1.82) is 0 Å². The lowest BCUT2D eigenvalue weighted by Crippen LogP contribution is -2.31. The van der Waals surface area contributed by atoms with Crippen molar-refractivity contribution in [2.45, 2.75) is 45.1 Å². The minimum absolute atomic E-state index is 0.168. The summed E-state index contributed by atoms with van der Waals surface area (Å²) in [4.78, 5) is 13.1. The molecule has 1 N–H and O–H groups in total. The number of nitrogens with zero attached hydrogens (tertiary/aromatic N) is 1. The van der Waals surface area contributed by atoms with Gasteiger partial charge in [0.15, 0.2) is 0 Å². The Morgan fingerprint density at radius 2 is 2.11 bits per heavy atom. The molecule has 1 saturated heterocycles. The Morgan fingerprint density at radius 1 is 1.33 bits per heavy atom. The van der Waals surface area contributed by atoms with Gasteiger partial charge in [-0.25, -0.2) is 0 Å². The molecular formula is C14H25NO3. The third-order valence-electron chi connectivity index (χ3n) is 4.39. The molecule has 1 saturated carbocycles. The van der Waals surface area contributed by atoms with Gasteiger partial charge < -0.3 is 14.7 Å². The van der Waals surface area contributed by atoms with Gasteiger partial charge in [-0.2, -0.15) is 0 Å². The van der Waals surface area contributed by atoms with Crippen molar-refractivity contribution in [3.63, 3.8) is 0 Å². The third kappa shape index (κ3) is 3.69. The van der Waals surface area contributed by atoms with Crippen LogP contribution in [-0.2, 0) is 9.53 Å². The maximum atomic E-state index is 10.9. The monoisotopic (exact) mass is 255 g/mol. The number of hydrogen-bond acceptors (Lipinski definition) is 3. The fraction of sp³-hybridized carbons (Fsp3) is 0.929. The maximum absolute atomic E-state index is 10.9. The molecule has 0 aromatic carbocycles. The van der Waals surface area contributed by atoms with Crippen LogP contribution >= 0.6 is 0 Å². The van der Waals surface area contributed by atoms with E-state index in [9.17, 15) is 4.79 Å². The van der Waals surface area contributed by atoms with Crippen LogP contribution in [0.15, 0.2) is 0 Å². The molecule has 0 amide bonds. The van der Waals surface area contributed by atoms with Crippen LogP contribution in [0.3, 0.4) is 0 Å². The van der Waals surface area contributed by atoms with Gasteiger partial charge in [0.25, 0.3) is 0 Å². The average Bonchev–Trinajstić information content (AvgIpc) is 2.80. The molecule has 1 aliphatic heterocycles. The number of ether oxygens (including phenoxy) is 1. The summed E-state index contributed by atoms with van der Waals surface area (Å²) >= 11 is 0. The van der Waals surface area contributed by atoms with Crippen LogP contribution in [0.1, 0.15) is 39.0 Å². The minimum Gasteiger partial charge on any atom is -0.481 e. The number of aliphatic carboxylic acids is 1. The summed E-state index contributed by atoms with van der Waals surface area (Å²) in [7, 11) is 0. The molecule has 2 rings (SSSR count). The Hall–Kier alpha value is -0.610. The van der Waals surface area contributed by atoms with Gasteiger partial charge >= 0.3 is 5.97 Å². The predicted octanol–water partition coefficient (Wildman–Crippen LogP) is 1.99. The van der Waals surface area contributed by atoms with Crippen LogP contribution in [0.25, 0.3) is 0 Å². The van der Waals surface area contributed by atoms with Crippen molar-refractivity contribution in [2.24, 2.45) is 11.8 Å². The highest BCUT2D eigenvalue weighted by Gasteiger charge is 2.28. The number of likely N-dealkylation sites (tertiary alicyclic amines) is 1. The molecule has 0 aromatic rings. The Kier molecular flexibility index (Phi) is 5.01. The number of hydrogen-bond donors (Lipinski definition) is 1. The summed E-state index contributed by atoms with van der Waals surface area (Å²) in [6.07, 6.45) is 6.33. The largest absolute Gasteiger partial charge is 0.481 e. The van der Waals surface area contributed by atoms with E-state index in [1.54, 1.807) is 0 Å². The second kappa shape index (κ2) is 6.53. The van der Waals surface area contributed by atoms with E-state index in [4.69, 9.17) is 9.84 Å². The van der Waals surface area contributed by atoms with Gasteiger partial charge in [0, 0.05) is 13.1 Å². The summed E-state index contributed by atoms with van der Waals surface area (Å²) in [5.41, 5.74) is 0. The standard InChI is InChI=1S/C14H25NO3/c1-11-4-2-3-5-13(11)18-9-8-15-7-6-12(10-15)14(16)17/h11-13H,2-10H2,1H3,(H,16,17). The van der Waals surface area contributed by atoms with Crippen LogP contribution in [0.4, 0.5) is 0 Å². The van der Waals surface area contributed by atoms with Crippen molar-refractivity contribution < 1.29 is 14.6 Å². The molecule has 0 radical (unpaired) electrons. The van der Waals surface area contributed by atoms with Gasteiger partial charge in [-0.05, 0) is 31.7 Å². The number of carboxylic acids is 1. The molecule has 0 spiro atoms. The van der Waals surface area contributed by atoms with Crippen LogP contribution in [0, 0.1) is 11.8 Å². The molecule has 3 unspecified atom stereocenters. The molecule has 18 heavy (non-hydrogen) atoms. The molecule has 2 aliphatic rings. The molecule has 0 bridgehead atoms. The van der Waals surface area contributed by atoms with Crippen LogP contribution in [0.2, 0.25) is 0 Å². The molecule has 4 heteroatoms. The molecular weight excluding hydrogens is 230 g/mol. The first-order valence-corrected chi connectivity index (χ1v) is 7.23. The van der Waals surface area contributed by atoms with Crippen LogP contribution in [0.5, 0.6) is 0 Å². The topological polar surface area (TPSA) is 49.8 Å². The number of carboxylic acid groups (broad SMARTS) is 1. The first-order valence-electron chi connectivity index (χ1n) is 7.23. The zero-order valence-corrected chi connectivity index (χ0v) is 11.3. The van der Waals surface area contributed by atoms with Gasteiger partial charge in [0.05, 0.1) is 18.6 Å². The average molecular weight is 255 g/mol. The molecule has 1 aliphatic carbocycles. The first-order chi connectivity index (χ1) is 8.66. The Labute approximate surface area is 109 Å². The van der Waals surface area contributed by atoms with Crippen molar-refractivity contribution in [2.75, 3.05) is 26.2 Å². The van der Waals surface area contributed by atoms with E-state index in [1.165, 1.54) is 25.7 Å². The molecule has 2 fully saturated rings. The van der Waals surface area contributed by atoms with Crippen molar-refractivity contribution in [3.05, 3.63) is 0 Å². The van der Waals surface area contributed by atoms with E-state index < -0.39 is 5.97 Å². The van der Waals surface area contributed by atoms with Gasteiger partial charge in [-0.15, -0.1) is 0 Å². The lowest BCUT2D eigenvalue weighted by atomic mass is 9.88. The van der Waals surface area contributed by atoms with E-state index in [1.807, 2.05) is 0 Å². The Balaban J connectivity index is 1.62. The second-order valence-electron chi connectivity index (χ2n) is 5.80. The normalized spacial score (nSPS) is 33.7. The van der Waals surface area contributed by atoms with Gasteiger partial charge in [0.2, 0.25) is 0 Å². The van der Waals surface area contributed by atoms with E-state index in [2.05, 4.69) is 11.8 Å². The number of carbonyl (C=O) groups is 1. The highest BCUT2D eigenvalue weighted by Crippen LogP contribution is 2.26. The number of rotatable bonds is 5. The van der Waals surface area contributed by atoms with E-state index in [-0.39, 0.29) is 5.92 Å². The minimum atomic E-state index is -0.653. The lowest BCUT2D eigenvalue weighted by molar-refractivity contribution is -0.141. The Morgan fingerprint density at radius 3 is 2.78 bits per heavy atom. The molecule has 1 heterocycles. The van der Waals surface area contributed by atoms with Gasteiger partial charge in [-0.3, -0.25) is 4.79 Å². The highest BCUT2D eigenvalue weighted by molar-refractivity contribution is 5.70. The molecule has 4 nitrogen and oxygen atoms in total. The van der Waals surface area contributed by atoms with Crippen LogP contribution < -0.4 is 0 Å². The van der Waals surface area contributed by atoms with Gasteiger partial charge in [0.1, 0.15) is 0 Å². The van der Waals surface area contributed by atoms with E-state index >= 15 is 0 Å². The summed E-state index contributed by atoms with van der Waals surface area (Å²) in [5, 5.41) is 8.94. The smallest absolute Gasteiger partial charge is 0.307 e. The van der Waals surface area contributed by atoms with E-state index in [0.717, 1.165) is 26.1 Å². The summed E-state index contributed by atoms with van der Waals surface area (Å²) in [5.74, 6) is -0.137. The fourth-order valence-electron chi connectivity index (χ4n) is 3.10. The first kappa shape index (κ1) is 13.8. The van der Waals surface area contributed by atoms with Crippen molar-refractivity contribution in [1.82, 2.24) is 4.90 Å². The summed E-state index contributed by atoms with van der Waals surface area (Å²) in [6.45, 7) is 5.51.